The van der Waals surface area contributed by atoms with Crippen molar-refractivity contribution in [1.29, 1.82) is 0 Å². The zero-order valence-corrected chi connectivity index (χ0v) is 12.7. The zero-order chi connectivity index (χ0) is 14.5. The highest BCUT2D eigenvalue weighted by atomic mass is 16.2. The number of aromatic nitrogens is 1. The molecule has 0 bridgehead atoms. The summed E-state index contributed by atoms with van der Waals surface area (Å²) in [7, 11) is 0. The largest absolute Gasteiger partial charge is 0.340 e. The molecular formula is C16H25N3O. The van der Waals surface area contributed by atoms with Crippen molar-refractivity contribution in [3.63, 3.8) is 0 Å². The van der Waals surface area contributed by atoms with Gasteiger partial charge in [-0.2, -0.15) is 0 Å². The molecule has 110 valence electrons. The number of carbonyl (C=O) groups is 1. The van der Waals surface area contributed by atoms with Gasteiger partial charge < -0.3 is 4.90 Å². The number of likely N-dealkylation sites (N-methyl/N-ethyl adjacent to an activating group) is 1. The van der Waals surface area contributed by atoms with Gasteiger partial charge in [0.15, 0.2) is 0 Å². The number of hydrogen-bond acceptors (Lipinski definition) is 3. The molecule has 2 atom stereocenters. The van der Waals surface area contributed by atoms with Crippen LogP contribution >= 0.6 is 0 Å². The highest BCUT2D eigenvalue weighted by Crippen LogP contribution is 2.16. The SMILES string of the molecule is CCN1[C@H](C)CN(C(=O)CCc2ccncc2)C[C@@H]1C. The third kappa shape index (κ3) is 3.57. The molecule has 1 saturated heterocycles. The fourth-order valence-corrected chi connectivity index (χ4v) is 3.14. The van der Waals surface area contributed by atoms with Crippen LogP contribution in [0.15, 0.2) is 24.5 Å². The molecule has 2 heterocycles. The standard InChI is InChI=1S/C16H25N3O/c1-4-19-13(2)11-18(12-14(19)3)16(20)6-5-15-7-9-17-10-8-15/h7-10,13-14H,4-6,11-12H2,1-3H3/t13-,14+. The number of aryl methyl sites for hydroxylation is 1. The maximum Gasteiger partial charge on any atom is 0.223 e. The number of amides is 1. The van der Waals surface area contributed by atoms with Crippen LogP contribution in [0, 0.1) is 0 Å². The van der Waals surface area contributed by atoms with Crippen molar-refractivity contribution in [3.8, 4) is 0 Å². The summed E-state index contributed by atoms with van der Waals surface area (Å²) in [5.74, 6) is 0.274. The van der Waals surface area contributed by atoms with Gasteiger partial charge in [-0.25, -0.2) is 0 Å². The molecule has 0 unspecified atom stereocenters. The zero-order valence-electron chi connectivity index (χ0n) is 12.7. The summed E-state index contributed by atoms with van der Waals surface area (Å²) in [6.07, 6.45) is 4.96. The molecule has 1 aromatic heterocycles. The molecule has 20 heavy (non-hydrogen) atoms. The van der Waals surface area contributed by atoms with E-state index < -0.39 is 0 Å². The van der Waals surface area contributed by atoms with Crippen molar-refractivity contribution < 1.29 is 4.79 Å². The molecule has 2 rings (SSSR count). The van der Waals surface area contributed by atoms with Crippen LogP contribution < -0.4 is 0 Å². The van der Waals surface area contributed by atoms with Gasteiger partial charge in [0.2, 0.25) is 5.91 Å². The minimum absolute atomic E-state index is 0.274. The quantitative estimate of drug-likeness (QED) is 0.843. The molecule has 1 amide bonds. The summed E-state index contributed by atoms with van der Waals surface area (Å²) < 4.78 is 0. The fourth-order valence-electron chi connectivity index (χ4n) is 3.14. The van der Waals surface area contributed by atoms with Gasteiger partial charge in [0.05, 0.1) is 0 Å². The summed E-state index contributed by atoms with van der Waals surface area (Å²) in [4.78, 5) is 20.8. The lowest BCUT2D eigenvalue weighted by Crippen LogP contribution is -2.57. The Morgan fingerprint density at radius 1 is 1.25 bits per heavy atom. The average molecular weight is 275 g/mol. The number of rotatable bonds is 4. The predicted molar refractivity (Wildman–Crippen MR) is 80.4 cm³/mol. The van der Waals surface area contributed by atoms with Crippen LogP contribution in [0.5, 0.6) is 0 Å². The fraction of sp³-hybridized carbons (Fsp3) is 0.625. The highest BCUT2D eigenvalue weighted by Gasteiger charge is 2.30. The smallest absolute Gasteiger partial charge is 0.223 e. The molecule has 0 aromatic carbocycles. The summed E-state index contributed by atoms with van der Waals surface area (Å²) >= 11 is 0. The average Bonchev–Trinajstić information content (AvgIpc) is 2.45. The summed E-state index contributed by atoms with van der Waals surface area (Å²) in [6.45, 7) is 9.38. The van der Waals surface area contributed by atoms with Crippen molar-refractivity contribution in [2.45, 2.75) is 45.7 Å². The second kappa shape index (κ2) is 6.84. The van der Waals surface area contributed by atoms with E-state index in [1.54, 1.807) is 12.4 Å². The third-order valence-corrected chi connectivity index (χ3v) is 4.20. The predicted octanol–water partition coefficient (Wildman–Crippen LogP) is 1.96. The molecule has 1 aliphatic rings. The molecule has 4 nitrogen and oxygen atoms in total. The highest BCUT2D eigenvalue weighted by molar-refractivity contribution is 5.76. The van der Waals surface area contributed by atoms with Gasteiger partial charge in [-0.15, -0.1) is 0 Å². The maximum absolute atomic E-state index is 12.3. The number of piperazine rings is 1. The Morgan fingerprint density at radius 2 is 1.85 bits per heavy atom. The molecule has 0 saturated carbocycles. The molecule has 0 N–H and O–H groups in total. The van der Waals surface area contributed by atoms with Crippen LogP contribution in [0.1, 0.15) is 32.8 Å². The maximum atomic E-state index is 12.3. The lowest BCUT2D eigenvalue weighted by molar-refractivity contribution is -0.135. The Balaban J connectivity index is 1.87. The third-order valence-electron chi connectivity index (χ3n) is 4.20. The van der Waals surface area contributed by atoms with Gasteiger partial charge in [0.1, 0.15) is 0 Å². The molecule has 1 aliphatic heterocycles. The van der Waals surface area contributed by atoms with Gasteiger partial charge in [0.25, 0.3) is 0 Å². The Morgan fingerprint density at radius 3 is 2.40 bits per heavy atom. The monoisotopic (exact) mass is 275 g/mol. The van der Waals surface area contributed by atoms with Crippen LogP contribution in [-0.4, -0.2) is 52.4 Å². The van der Waals surface area contributed by atoms with E-state index in [-0.39, 0.29) is 5.91 Å². The second-order valence-corrected chi connectivity index (χ2v) is 5.68. The Bertz CT molecular complexity index is 423. The number of carbonyl (C=O) groups excluding carboxylic acids is 1. The summed E-state index contributed by atoms with van der Waals surface area (Å²) in [6, 6.07) is 4.86. The second-order valence-electron chi connectivity index (χ2n) is 5.68. The van der Waals surface area contributed by atoms with E-state index in [9.17, 15) is 4.79 Å². The van der Waals surface area contributed by atoms with E-state index in [1.165, 1.54) is 5.56 Å². The topological polar surface area (TPSA) is 36.4 Å². The van der Waals surface area contributed by atoms with E-state index in [2.05, 4.69) is 30.7 Å². The first-order valence-electron chi connectivity index (χ1n) is 7.54. The lowest BCUT2D eigenvalue weighted by Gasteiger charge is -2.44. The van der Waals surface area contributed by atoms with Gasteiger partial charge in [0, 0.05) is 44.0 Å². The molecule has 1 aromatic rings. The lowest BCUT2D eigenvalue weighted by atomic mass is 10.1. The van der Waals surface area contributed by atoms with Crippen molar-refractivity contribution in [3.05, 3.63) is 30.1 Å². The van der Waals surface area contributed by atoms with Gasteiger partial charge >= 0.3 is 0 Å². The van der Waals surface area contributed by atoms with Gasteiger partial charge in [-0.1, -0.05) is 6.92 Å². The van der Waals surface area contributed by atoms with Crippen molar-refractivity contribution in [2.24, 2.45) is 0 Å². The van der Waals surface area contributed by atoms with Crippen molar-refractivity contribution in [1.82, 2.24) is 14.8 Å². The van der Waals surface area contributed by atoms with E-state index in [0.717, 1.165) is 26.1 Å². The van der Waals surface area contributed by atoms with Crippen LogP contribution in [0.25, 0.3) is 0 Å². The van der Waals surface area contributed by atoms with E-state index >= 15 is 0 Å². The van der Waals surface area contributed by atoms with Gasteiger partial charge in [-0.3, -0.25) is 14.7 Å². The molecule has 0 radical (unpaired) electrons. The van der Waals surface area contributed by atoms with Crippen LogP contribution in [0.3, 0.4) is 0 Å². The minimum Gasteiger partial charge on any atom is -0.340 e. The minimum atomic E-state index is 0.274. The van der Waals surface area contributed by atoms with Crippen LogP contribution in [-0.2, 0) is 11.2 Å². The summed E-state index contributed by atoms with van der Waals surface area (Å²) in [5.41, 5.74) is 1.18. The molecule has 0 spiro atoms. The number of hydrogen-bond donors (Lipinski definition) is 0. The first-order valence-corrected chi connectivity index (χ1v) is 7.54. The van der Waals surface area contributed by atoms with Crippen molar-refractivity contribution in [2.75, 3.05) is 19.6 Å². The van der Waals surface area contributed by atoms with Crippen LogP contribution in [0.2, 0.25) is 0 Å². The Labute approximate surface area is 121 Å². The Hall–Kier alpha value is -1.42. The molecular weight excluding hydrogens is 250 g/mol. The Kier molecular flexibility index (Phi) is 5.12. The van der Waals surface area contributed by atoms with E-state index in [4.69, 9.17) is 0 Å². The first-order chi connectivity index (χ1) is 9.61. The molecule has 1 fully saturated rings. The summed E-state index contributed by atoms with van der Waals surface area (Å²) in [5, 5.41) is 0. The van der Waals surface area contributed by atoms with Crippen molar-refractivity contribution >= 4 is 5.91 Å². The van der Waals surface area contributed by atoms with Crippen LogP contribution in [0.4, 0.5) is 0 Å². The van der Waals surface area contributed by atoms with E-state index in [1.807, 2.05) is 17.0 Å². The molecule has 0 aliphatic carbocycles. The van der Waals surface area contributed by atoms with E-state index in [0.29, 0.717) is 18.5 Å². The number of pyridine rings is 1. The number of nitrogens with zero attached hydrogens (tertiary/aromatic N) is 3. The normalized spacial score (nSPS) is 23.9. The molecule has 4 heteroatoms. The van der Waals surface area contributed by atoms with Gasteiger partial charge in [-0.05, 0) is 44.5 Å². The first kappa shape index (κ1) is 15.0.